The summed E-state index contributed by atoms with van der Waals surface area (Å²) in [7, 11) is 1.58. The number of carbonyl (C=O) groups is 3. The van der Waals surface area contributed by atoms with E-state index in [0.717, 1.165) is 15.8 Å². The fraction of sp³-hybridized carbons (Fsp3) is 0.238. The number of aromatic nitrogens is 1. The van der Waals surface area contributed by atoms with Crippen molar-refractivity contribution < 1.29 is 19.1 Å². The average Bonchev–Trinajstić information content (AvgIpc) is 3.07. The van der Waals surface area contributed by atoms with E-state index in [-0.39, 0.29) is 24.1 Å². The number of fused-ring (bicyclic) bond motifs is 1. The van der Waals surface area contributed by atoms with Crippen LogP contribution in [-0.4, -0.2) is 29.8 Å². The van der Waals surface area contributed by atoms with Gasteiger partial charge >= 0.3 is 0 Å². The van der Waals surface area contributed by atoms with E-state index in [1.54, 1.807) is 37.4 Å². The van der Waals surface area contributed by atoms with Gasteiger partial charge in [0.15, 0.2) is 5.13 Å². The molecule has 1 heterocycles. The molecule has 1 atom stereocenters. The molecule has 0 saturated carbocycles. The summed E-state index contributed by atoms with van der Waals surface area (Å²) in [5.41, 5.74) is 2.15. The zero-order valence-electron chi connectivity index (χ0n) is 16.8. The van der Waals surface area contributed by atoms with Gasteiger partial charge in [0.25, 0.3) is 0 Å². The van der Waals surface area contributed by atoms with Gasteiger partial charge in [0.1, 0.15) is 5.75 Å². The largest absolute Gasteiger partial charge is 0.497 e. The van der Waals surface area contributed by atoms with E-state index in [0.29, 0.717) is 16.6 Å². The number of hydrogen-bond donors (Lipinski definition) is 3. The smallest absolute Gasteiger partial charge is 0.226 e. The van der Waals surface area contributed by atoms with Crippen LogP contribution in [0, 0.1) is 0 Å². The Hall–Kier alpha value is -3.46. The van der Waals surface area contributed by atoms with Crippen molar-refractivity contribution in [3.8, 4) is 5.75 Å². The Morgan fingerprint density at radius 2 is 1.77 bits per heavy atom. The SMILES string of the molecule is COc1ccc(C(CC(=O)Nc2ccc3nc(NC(C)=O)sc3c2)NC(C)=O)cc1. The molecule has 3 amide bonds. The predicted octanol–water partition coefficient (Wildman–Crippen LogP) is 3.47. The molecule has 0 radical (unpaired) electrons. The van der Waals surface area contributed by atoms with Gasteiger partial charge in [-0.15, -0.1) is 0 Å². The van der Waals surface area contributed by atoms with Crippen molar-refractivity contribution in [2.45, 2.75) is 26.3 Å². The molecule has 1 aromatic heterocycles. The molecule has 3 rings (SSSR count). The first kappa shape index (κ1) is 21.3. The highest BCUT2D eigenvalue weighted by Gasteiger charge is 2.18. The van der Waals surface area contributed by atoms with Gasteiger partial charge in [-0.2, -0.15) is 0 Å². The number of nitrogens with one attached hydrogen (secondary N) is 3. The van der Waals surface area contributed by atoms with E-state index in [1.807, 2.05) is 12.1 Å². The molecule has 0 spiro atoms. The minimum Gasteiger partial charge on any atom is -0.497 e. The first-order valence-corrected chi connectivity index (χ1v) is 10.0. The van der Waals surface area contributed by atoms with Gasteiger partial charge < -0.3 is 20.7 Å². The molecule has 0 aliphatic carbocycles. The number of methoxy groups -OCH3 is 1. The number of ether oxygens (including phenoxy) is 1. The van der Waals surface area contributed by atoms with Gasteiger partial charge in [0.05, 0.1) is 29.8 Å². The fourth-order valence-electron chi connectivity index (χ4n) is 2.94. The number of nitrogens with zero attached hydrogens (tertiary/aromatic N) is 1. The third kappa shape index (κ3) is 5.54. The molecular formula is C21H22N4O4S. The molecule has 8 nitrogen and oxygen atoms in total. The Balaban J connectivity index is 1.72. The lowest BCUT2D eigenvalue weighted by Gasteiger charge is -2.18. The summed E-state index contributed by atoms with van der Waals surface area (Å²) < 4.78 is 5.99. The average molecular weight is 426 g/mol. The number of anilines is 2. The van der Waals surface area contributed by atoms with E-state index >= 15 is 0 Å². The first-order chi connectivity index (χ1) is 14.3. The zero-order chi connectivity index (χ0) is 21.7. The minimum absolute atomic E-state index is 0.0732. The maximum atomic E-state index is 12.6. The van der Waals surface area contributed by atoms with Crippen LogP contribution in [0.25, 0.3) is 10.2 Å². The van der Waals surface area contributed by atoms with Crippen molar-refractivity contribution in [2.24, 2.45) is 0 Å². The second-order valence-electron chi connectivity index (χ2n) is 6.66. The van der Waals surface area contributed by atoms with Gasteiger partial charge in [-0.25, -0.2) is 4.98 Å². The van der Waals surface area contributed by atoms with Crippen molar-refractivity contribution in [1.82, 2.24) is 10.3 Å². The number of hydrogen-bond acceptors (Lipinski definition) is 6. The molecular weight excluding hydrogens is 404 g/mol. The van der Waals surface area contributed by atoms with Crippen LogP contribution < -0.4 is 20.7 Å². The van der Waals surface area contributed by atoms with Crippen molar-refractivity contribution in [1.29, 1.82) is 0 Å². The van der Waals surface area contributed by atoms with Crippen LogP contribution in [0.2, 0.25) is 0 Å². The highest BCUT2D eigenvalue weighted by molar-refractivity contribution is 7.22. The predicted molar refractivity (Wildman–Crippen MR) is 117 cm³/mol. The van der Waals surface area contributed by atoms with Crippen LogP contribution in [-0.2, 0) is 14.4 Å². The Kier molecular flexibility index (Phi) is 6.63. The molecule has 3 aromatic rings. The third-order valence-electron chi connectivity index (χ3n) is 4.24. The van der Waals surface area contributed by atoms with E-state index in [4.69, 9.17) is 4.74 Å². The first-order valence-electron chi connectivity index (χ1n) is 9.23. The number of amides is 3. The lowest BCUT2D eigenvalue weighted by molar-refractivity contribution is -0.120. The maximum Gasteiger partial charge on any atom is 0.226 e. The monoisotopic (exact) mass is 426 g/mol. The van der Waals surface area contributed by atoms with E-state index in [9.17, 15) is 14.4 Å². The molecule has 156 valence electrons. The van der Waals surface area contributed by atoms with Crippen molar-refractivity contribution in [3.63, 3.8) is 0 Å². The van der Waals surface area contributed by atoms with Crippen LogP contribution >= 0.6 is 11.3 Å². The molecule has 30 heavy (non-hydrogen) atoms. The molecule has 3 N–H and O–H groups in total. The number of benzene rings is 2. The number of carbonyl (C=O) groups excluding carboxylic acids is 3. The standard InChI is InChI=1S/C21H22N4O4S/c1-12(26)22-18(14-4-7-16(29-3)8-5-14)11-20(28)24-15-6-9-17-19(10-15)30-21(25-17)23-13(2)27/h4-10,18H,11H2,1-3H3,(H,22,26)(H,24,28)(H,23,25,27). The van der Waals surface area contributed by atoms with Crippen LogP contribution in [0.3, 0.4) is 0 Å². The Morgan fingerprint density at radius 3 is 2.40 bits per heavy atom. The van der Waals surface area contributed by atoms with E-state index < -0.39 is 6.04 Å². The summed E-state index contributed by atoms with van der Waals surface area (Å²) in [4.78, 5) is 39.8. The second-order valence-corrected chi connectivity index (χ2v) is 7.69. The fourth-order valence-corrected chi connectivity index (χ4v) is 3.89. The molecule has 9 heteroatoms. The van der Waals surface area contributed by atoms with Crippen molar-refractivity contribution in [3.05, 3.63) is 48.0 Å². The maximum absolute atomic E-state index is 12.6. The molecule has 0 bridgehead atoms. The number of rotatable bonds is 7. The Labute approximate surface area is 177 Å². The number of thiazole rings is 1. The summed E-state index contributed by atoms with van der Waals surface area (Å²) in [6.45, 7) is 2.84. The molecule has 0 fully saturated rings. The normalized spacial score (nSPS) is 11.6. The van der Waals surface area contributed by atoms with Crippen molar-refractivity contribution in [2.75, 3.05) is 17.7 Å². The van der Waals surface area contributed by atoms with Crippen molar-refractivity contribution >= 4 is 50.1 Å². The minimum atomic E-state index is -0.466. The Bertz CT molecular complexity index is 1080. The summed E-state index contributed by atoms with van der Waals surface area (Å²) in [5.74, 6) is 0.0436. The Morgan fingerprint density at radius 1 is 1.03 bits per heavy atom. The molecule has 1 unspecified atom stereocenters. The summed E-state index contributed by atoms with van der Waals surface area (Å²) >= 11 is 1.33. The second kappa shape index (κ2) is 9.36. The van der Waals surface area contributed by atoms with Crippen LogP contribution in [0.1, 0.15) is 31.9 Å². The zero-order valence-corrected chi connectivity index (χ0v) is 17.6. The lowest BCUT2D eigenvalue weighted by Crippen LogP contribution is -2.29. The highest BCUT2D eigenvalue weighted by Crippen LogP contribution is 2.29. The van der Waals surface area contributed by atoms with Gasteiger partial charge in [0, 0.05) is 19.5 Å². The van der Waals surface area contributed by atoms with E-state index in [1.165, 1.54) is 25.2 Å². The topological polar surface area (TPSA) is 109 Å². The van der Waals surface area contributed by atoms with Gasteiger partial charge in [-0.1, -0.05) is 23.5 Å². The summed E-state index contributed by atoms with van der Waals surface area (Å²) in [6.07, 6.45) is 0.0732. The summed E-state index contributed by atoms with van der Waals surface area (Å²) in [6, 6.07) is 12.1. The molecule has 0 aliphatic heterocycles. The lowest BCUT2D eigenvalue weighted by atomic mass is 10.0. The van der Waals surface area contributed by atoms with E-state index in [2.05, 4.69) is 20.9 Å². The quantitative estimate of drug-likeness (QED) is 0.536. The van der Waals surface area contributed by atoms with Crippen LogP contribution in [0.5, 0.6) is 5.75 Å². The van der Waals surface area contributed by atoms with Gasteiger partial charge in [-0.3, -0.25) is 14.4 Å². The van der Waals surface area contributed by atoms with Crippen LogP contribution in [0.4, 0.5) is 10.8 Å². The van der Waals surface area contributed by atoms with Gasteiger partial charge in [-0.05, 0) is 35.9 Å². The summed E-state index contributed by atoms with van der Waals surface area (Å²) in [5, 5.41) is 8.83. The van der Waals surface area contributed by atoms with Crippen LogP contribution in [0.15, 0.2) is 42.5 Å². The highest BCUT2D eigenvalue weighted by atomic mass is 32.1. The molecule has 0 aliphatic rings. The molecule has 0 saturated heterocycles. The molecule has 2 aromatic carbocycles. The van der Waals surface area contributed by atoms with Gasteiger partial charge in [0.2, 0.25) is 17.7 Å². The third-order valence-corrected chi connectivity index (χ3v) is 5.17.